The topological polar surface area (TPSA) is 117 Å². The minimum Gasteiger partial charge on any atom is -0.497 e. The fourth-order valence-electron chi connectivity index (χ4n) is 3.11. The van der Waals surface area contributed by atoms with Crippen molar-refractivity contribution in [2.45, 2.75) is 12.6 Å². The minimum absolute atomic E-state index is 0.114. The highest BCUT2D eigenvalue weighted by atomic mass is 19.4. The number of nitrogens with zero attached hydrogens (tertiary/aromatic N) is 2. The van der Waals surface area contributed by atoms with E-state index >= 15 is 0 Å². The summed E-state index contributed by atoms with van der Waals surface area (Å²) in [5.74, 6) is -2.05. The number of aromatic amines is 1. The smallest absolute Gasteiger partial charge is 0.490 e. The highest BCUT2D eigenvalue weighted by Gasteiger charge is 2.38. The van der Waals surface area contributed by atoms with E-state index in [9.17, 15) is 18.0 Å². The monoisotopic (exact) mass is 486 g/mol. The van der Waals surface area contributed by atoms with Crippen LogP contribution in [0.2, 0.25) is 0 Å². The van der Waals surface area contributed by atoms with Crippen molar-refractivity contribution < 1.29 is 32.6 Å². The third kappa shape index (κ3) is 6.79. The van der Waals surface area contributed by atoms with Crippen LogP contribution >= 0.6 is 0 Å². The molecule has 0 aliphatic heterocycles. The summed E-state index contributed by atoms with van der Waals surface area (Å²) in [6, 6.07) is 17.3. The zero-order valence-corrected chi connectivity index (χ0v) is 18.5. The summed E-state index contributed by atoms with van der Waals surface area (Å²) in [5, 5.41) is 17.7. The van der Waals surface area contributed by atoms with Crippen molar-refractivity contribution in [1.82, 2.24) is 20.5 Å². The predicted octanol–water partition coefficient (Wildman–Crippen LogP) is 4.24. The van der Waals surface area contributed by atoms with E-state index in [4.69, 9.17) is 14.6 Å². The Morgan fingerprint density at radius 2 is 1.80 bits per heavy atom. The highest BCUT2D eigenvalue weighted by molar-refractivity contribution is 6.07. The van der Waals surface area contributed by atoms with Crippen molar-refractivity contribution in [3.05, 3.63) is 78.1 Å². The number of carboxylic acid groups (broad SMARTS) is 1. The highest BCUT2D eigenvalue weighted by Crippen LogP contribution is 2.24. The standard InChI is InChI=1S/C22H20N4O2.C2HF3O2/c1-28-17-8-6-15(7-9-17)10-11-23-22(27)19-12-21(16-13-24-25-14-16)26-20-5-3-2-4-18(19)20;3-2(4,5)1(6)7/h2-9,12-14H,10-11H2,1H3,(H,23,27)(H,24,25);(H,6,7). The second-order valence-electron chi connectivity index (χ2n) is 7.22. The molecule has 1 amide bonds. The minimum atomic E-state index is -5.08. The number of benzene rings is 2. The first-order valence-corrected chi connectivity index (χ1v) is 10.3. The molecule has 0 bridgehead atoms. The lowest BCUT2D eigenvalue weighted by Gasteiger charge is -2.10. The number of amides is 1. The lowest BCUT2D eigenvalue weighted by molar-refractivity contribution is -0.192. The molecule has 2 aromatic carbocycles. The van der Waals surface area contributed by atoms with Gasteiger partial charge in [0.2, 0.25) is 0 Å². The van der Waals surface area contributed by atoms with Crippen molar-refractivity contribution >= 4 is 22.8 Å². The first-order valence-electron chi connectivity index (χ1n) is 10.3. The van der Waals surface area contributed by atoms with E-state index in [-0.39, 0.29) is 5.91 Å². The predicted molar refractivity (Wildman–Crippen MR) is 122 cm³/mol. The van der Waals surface area contributed by atoms with Crippen LogP contribution in [0.4, 0.5) is 13.2 Å². The van der Waals surface area contributed by atoms with Gasteiger partial charge in [0.1, 0.15) is 5.75 Å². The third-order valence-electron chi connectivity index (χ3n) is 4.86. The second kappa shape index (κ2) is 11.1. The van der Waals surface area contributed by atoms with Gasteiger partial charge in [-0.15, -0.1) is 0 Å². The maximum absolute atomic E-state index is 12.9. The number of pyridine rings is 1. The van der Waals surface area contributed by atoms with Gasteiger partial charge in [0, 0.05) is 23.7 Å². The van der Waals surface area contributed by atoms with Crippen molar-refractivity contribution in [2.75, 3.05) is 13.7 Å². The molecule has 0 saturated heterocycles. The molecule has 3 N–H and O–H groups in total. The number of aromatic nitrogens is 3. The average molecular weight is 486 g/mol. The van der Waals surface area contributed by atoms with E-state index < -0.39 is 12.1 Å². The Morgan fingerprint density at radius 1 is 1.11 bits per heavy atom. The van der Waals surface area contributed by atoms with Crippen molar-refractivity contribution in [1.29, 1.82) is 0 Å². The number of carbonyl (C=O) groups excluding carboxylic acids is 1. The Bertz CT molecular complexity index is 1290. The van der Waals surface area contributed by atoms with Crippen LogP contribution in [-0.2, 0) is 11.2 Å². The van der Waals surface area contributed by atoms with Crippen LogP contribution in [0, 0.1) is 0 Å². The number of aliphatic carboxylic acids is 1. The van der Waals surface area contributed by atoms with Gasteiger partial charge in [-0.05, 0) is 36.2 Å². The molecule has 0 aliphatic rings. The molecule has 2 heterocycles. The van der Waals surface area contributed by atoms with Crippen LogP contribution in [0.25, 0.3) is 22.2 Å². The number of carbonyl (C=O) groups is 2. The molecule has 0 radical (unpaired) electrons. The van der Waals surface area contributed by atoms with Crippen molar-refractivity contribution in [3.8, 4) is 17.0 Å². The number of H-pyrrole nitrogens is 1. The van der Waals surface area contributed by atoms with Crippen molar-refractivity contribution in [2.24, 2.45) is 0 Å². The fourth-order valence-corrected chi connectivity index (χ4v) is 3.11. The number of methoxy groups -OCH3 is 1. The molecule has 0 saturated carbocycles. The van der Waals surface area contributed by atoms with E-state index in [0.717, 1.165) is 34.2 Å². The van der Waals surface area contributed by atoms with Gasteiger partial charge in [-0.1, -0.05) is 30.3 Å². The lowest BCUT2D eigenvalue weighted by Crippen LogP contribution is -2.26. The van der Waals surface area contributed by atoms with Gasteiger partial charge in [-0.25, -0.2) is 9.78 Å². The Balaban J connectivity index is 0.000000429. The number of fused-ring (bicyclic) bond motifs is 1. The number of carboxylic acids is 1. The number of hydrogen-bond donors (Lipinski definition) is 3. The van der Waals surface area contributed by atoms with Crippen molar-refractivity contribution in [3.63, 3.8) is 0 Å². The Morgan fingerprint density at radius 3 is 2.40 bits per heavy atom. The van der Waals surface area contributed by atoms with E-state index in [1.54, 1.807) is 19.5 Å². The number of rotatable bonds is 6. The molecule has 35 heavy (non-hydrogen) atoms. The number of nitrogens with one attached hydrogen (secondary N) is 2. The zero-order valence-electron chi connectivity index (χ0n) is 18.5. The molecule has 2 aromatic heterocycles. The van der Waals surface area contributed by atoms with E-state index in [1.165, 1.54) is 0 Å². The van der Waals surface area contributed by atoms with Crippen LogP contribution in [0.3, 0.4) is 0 Å². The van der Waals surface area contributed by atoms with E-state index in [1.807, 2.05) is 54.6 Å². The summed E-state index contributed by atoms with van der Waals surface area (Å²) >= 11 is 0. The lowest BCUT2D eigenvalue weighted by atomic mass is 10.0. The molecule has 11 heteroatoms. The van der Waals surface area contributed by atoms with Gasteiger partial charge in [-0.2, -0.15) is 18.3 Å². The van der Waals surface area contributed by atoms with E-state index in [0.29, 0.717) is 17.8 Å². The number of hydrogen-bond acceptors (Lipinski definition) is 5. The van der Waals surface area contributed by atoms with E-state index in [2.05, 4.69) is 20.5 Å². The number of para-hydroxylation sites is 1. The molecule has 0 spiro atoms. The second-order valence-corrected chi connectivity index (χ2v) is 7.22. The molecule has 0 aliphatic carbocycles. The van der Waals surface area contributed by atoms with Gasteiger partial charge in [0.05, 0.1) is 30.1 Å². The molecule has 0 atom stereocenters. The summed E-state index contributed by atoms with van der Waals surface area (Å²) in [6.07, 6.45) is -0.877. The largest absolute Gasteiger partial charge is 0.497 e. The molecule has 8 nitrogen and oxygen atoms in total. The fraction of sp³-hybridized carbons (Fsp3) is 0.167. The molecule has 0 fully saturated rings. The average Bonchev–Trinajstić information content (AvgIpc) is 3.38. The SMILES string of the molecule is COc1ccc(CCNC(=O)c2cc(-c3cn[nH]c3)nc3ccccc23)cc1.O=C(O)C(F)(F)F. The molecule has 4 rings (SSSR count). The van der Waals surface area contributed by atoms with Crippen LogP contribution in [0.5, 0.6) is 5.75 Å². The number of alkyl halides is 3. The zero-order chi connectivity index (χ0) is 25.4. The number of ether oxygens (including phenoxy) is 1. The molecule has 182 valence electrons. The molecular weight excluding hydrogens is 465 g/mol. The first-order chi connectivity index (χ1) is 16.7. The summed E-state index contributed by atoms with van der Waals surface area (Å²) < 4.78 is 36.9. The van der Waals surface area contributed by atoms with Gasteiger partial charge < -0.3 is 15.2 Å². The van der Waals surface area contributed by atoms with Gasteiger partial charge >= 0.3 is 12.1 Å². The third-order valence-corrected chi connectivity index (χ3v) is 4.86. The Labute approximate surface area is 197 Å². The van der Waals surface area contributed by atoms with Gasteiger partial charge in [0.15, 0.2) is 0 Å². The number of halogens is 3. The van der Waals surface area contributed by atoms with Gasteiger partial charge in [-0.3, -0.25) is 9.89 Å². The summed E-state index contributed by atoms with van der Waals surface area (Å²) in [4.78, 5) is 26.4. The summed E-state index contributed by atoms with van der Waals surface area (Å²) in [5.41, 5.74) is 4.09. The summed E-state index contributed by atoms with van der Waals surface area (Å²) in [6.45, 7) is 0.544. The normalized spacial score (nSPS) is 10.9. The maximum Gasteiger partial charge on any atom is 0.490 e. The Hall–Kier alpha value is -4.41. The van der Waals surface area contributed by atoms with Crippen LogP contribution in [0.15, 0.2) is 67.0 Å². The molecular formula is C24H21F3N4O4. The van der Waals surface area contributed by atoms with Crippen LogP contribution in [-0.4, -0.2) is 52.0 Å². The maximum atomic E-state index is 12.9. The molecule has 4 aromatic rings. The quantitative estimate of drug-likeness (QED) is 0.375. The Kier molecular flexibility index (Phi) is 8.03. The van der Waals surface area contributed by atoms with Crippen LogP contribution < -0.4 is 10.1 Å². The summed E-state index contributed by atoms with van der Waals surface area (Å²) in [7, 11) is 1.64. The first kappa shape index (κ1) is 25.2. The van der Waals surface area contributed by atoms with Crippen LogP contribution in [0.1, 0.15) is 15.9 Å². The van der Waals surface area contributed by atoms with Gasteiger partial charge in [0.25, 0.3) is 5.91 Å². The molecule has 0 unspecified atom stereocenters.